The molecule has 1 unspecified atom stereocenters. The van der Waals surface area contributed by atoms with Crippen LogP contribution in [0.2, 0.25) is 0 Å². The van der Waals surface area contributed by atoms with E-state index in [4.69, 9.17) is 0 Å². The molecule has 0 saturated carbocycles. The molecule has 0 N–H and O–H groups in total. The third-order valence-corrected chi connectivity index (χ3v) is 5.35. The van der Waals surface area contributed by atoms with Crippen molar-refractivity contribution in [3.05, 3.63) is 63.8 Å². The van der Waals surface area contributed by atoms with Crippen molar-refractivity contribution >= 4 is 5.91 Å². The molecule has 0 spiro atoms. The molecular formula is C22H29N3O2. The first-order chi connectivity index (χ1) is 13.0. The molecule has 0 aromatic carbocycles. The number of rotatable bonds is 6. The maximum atomic E-state index is 13.1. The topological polar surface area (TPSA) is 55.2 Å². The van der Waals surface area contributed by atoms with Gasteiger partial charge >= 0.3 is 0 Å². The second kappa shape index (κ2) is 8.51. The molecule has 1 aliphatic rings. The summed E-state index contributed by atoms with van der Waals surface area (Å²) in [6, 6.07) is 5.91. The number of aromatic nitrogens is 2. The van der Waals surface area contributed by atoms with Crippen LogP contribution >= 0.6 is 0 Å². The normalized spacial score (nSPS) is 16.9. The highest BCUT2D eigenvalue weighted by molar-refractivity contribution is 5.95. The quantitative estimate of drug-likeness (QED) is 0.787. The first kappa shape index (κ1) is 19.3. The lowest BCUT2D eigenvalue weighted by atomic mass is 10.00. The van der Waals surface area contributed by atoms with Crippen molar-refractivity contribution < 1.29 is 4.79 Å². The zero-order valence-electron chi connectivity index (χ0n) is 16.5. The fraction of sp³-hybridized carbons (Fsp3) is 0.500. The van der Waals surface area contributed by atoms with E-state index < -0.39 is 0 Å². The largest absolute Gasteiger partial charge is 0.338 e. The van der Waals surface area contributed by atoms with E-state index in [2.05, 4.69) is 24.9 Å². The summed E-state index contributed by atoms with van der Waals surface area (Å²) in [5.41, 5.74) is 2.14. The van der Waals surface area contributed by atoms with Gasteiger partial charge in [-0.2, -0.15) is 0 Å². The summed E-state index contributed by atoms with van der Waals surface area (Å²) in [5.74, 6) is 0.819. The third-order valence-electron chi connectivity index (χ3n) is 5.35. The van der Waals surface area contributed by atoms with Gasteiger partial charge in [0.25, 0.3) is 11.5 Å². The zero-order valence-corrected chi connectivity index (χ0v) is 16.5. The van der Waals surface area contributed by atoms with Gasteiger partial charge in [-0.3, -0.25) is 14.6 Å². The summed E-state index contributed by atoms with van der Waals surface area (Å²) in [5, 5.41) is 0. The van der Waals surface area contributed by atoms with Crippen molar-refractivity contribution in [3.63, 3.8) is 0 Å². The number of amides is 1. The Labute approximate surface area is 161 Å². The molecule has 0 bridgehead atoms. The van der Waals surface area contributed by atoms with Crippen LogP contribution in [0.5, 0.6) is 0 Å². The van der Waals surface area contributed by atoms with Crippen LogP contribution < -0.4 is 5.56 Å². The number of carbonyl (C=O) groups excluding carboxylic acids is 1. The molecule has 2 aromatic heterocycles. The minimum atomic E-state index is -0.156. The summed E-state index contributed by atoms with van der Waals surface area (Å²) < 4.78 is 1.68. The van der Waals surface area contributed by atoms with Crippen LogP contribution in [0.3, 0.4) is 0 Å². The van der Waals surface area contributed by atoms with Crippen LogP contribution in [0.25, 0.3) is 0 Å². The van der Waals surface area contributed by atoms with Crippen molar-refractivity contribution in [1.29, 1.82) is 0 Å². The summed E-state index contributed by atoms with van der Waals surface area (Å²) >= 11 is 0. The van der Waals surface area contributed by atoms with Gasteiger partial charge in [0.2, 0.25) is 0 Å². The molecule has 0 radical (unpaired) electrons. The van der Waals surface area contributed by atoms with Gasteiger partial charge in [-0.05, 0) is 61.3 Å². The van der Waals surface area contributed by atoms with Gasteiger partial charge in [0.1, 0.15) is 5.56 Å². The second-order valence-electron chi connectivity index (χ2n) is 8.03. The van der Waals surface area contributed by atoms with Gasteiger partial charge in [-0.25, -0.2) is 0 Å². The summed E-state index contributed by atoms with van der Waals surface area (Å²) in [7, 11) is 0. The zero-order chi connectivity index (χ0) is 19.4. The van der Waals surface area contributed by atoms with Crippen molar-refractivity contribution in [3.8, 4) is 0 Å². The predicted octanol–water partition coefficient (Wildman–Crippen LogP) is 3.30. The highest BCUT2D eigenvalue weighted by Crippen LogP contribution is 2.22. The fourth-order valence-corrected chi connectivity index (χ4v) is 3.69. The van der Waals surface area contributed by atoms with Crippen LogP contribution in [0.4, 0.5) is 0 Å². The lowest BCUT2D eigenvalue weighted by molar-refractivity contribution is 0.0784. The molecule has 144 valence electrons. The molecule has 1 saturated heterocycles. The smallest absolute Gasteiger partial charge is 0.263 e. The molecule has 27 heavy (non-hydrogen) atoms. The number of pyridine rings is 2. The number of nitrogens with zero attached hydrogens (tertiary/aromatic N) is 3. The molecule has 1 atom stereocenters. The molecule has 1 fully saturated rings. The molecular weight excluding hydrogens is 338 g/mol. The van der Waals surface area contributed by atoms with E-state index in [1.54, 1.807) is 10.8 Å². The van der Waals surface area contributed by atoms with Gasteiger partial charge in [-0.15, -0.1) is 0 Å². The summed E-state index contributed by atoms with van der Waals surface area (Å²) in [6.07, 6.45) is 8.28. The molecule has 0 aliphatic carbocycles. The lowest BCUT2D eigenvalue weighted by Gasteiger charge is -2.19. The minimum Gasteiger partial charge on any atom is -0.338 e. The first-order valence-corrected chi connectivity index (χ1v) is 9.84. The second-order valence-corrected chi connectivity index (χ2v) is 8.03. The number of likely N-dealkylation sites (tertiary alicyclic amines) is 1. The number of aryl methyl sites for hydroxylation is 2. The highest BCUT2D eigenvalue weighted by atomic mass is 16.2. The Balaban J connectivity index is 1.72. The van der Waals surface area contributed by atoms with Crippen LogP contribution in [0.15, 0.2) is 41.6 Å². The monoisotopic (exact) mass is 367 g/mol. The van der Waals surface area contributed by atoms with E-state index in [9.17, 15) is 9.59 Å². The predicted molar refractivity (Wildman–Crippen MR) is 107 cm³/mol. The molecule has 1 amide bonds. The van der Waals surface area contributed by atoms with Gasteiger partial charge in [0.05, 0.1) is 0 Å². The van der Waals surface area contributed by atoms with Gasteiger partial charge in [-0.1, -0.05) is 19.9 Å². The number of carbonyl (C=O) groups is 1. The average molecular weight is 367 g/mol. The fourth-order valence-electron chi connectivity index (χ4n) is 3.69. The molecule has 1 aliphatic heterocycles. The molecule has 3 rings (SSSR count). The van der Waals surface area contributed by atoms with Gasteiger partial charge < -0.3 is 9.47 Å². The molecule has 3 heterocycles. The van der Waals surface area contributed by atoms with E-state index in [-0.39, 0.29) is 11.5 Å². The molecule has 5 heteroatoms. The van der Waals surface area contributed by atoms with E-state index in [0.29, 0.717) is 37.0 Å². The van der Waals surface area contributed by atoms with Crippen molar-refractivity contribution in [2.24, 2.45) is 11.8 Å². The Morgan fingerprint density at radius 2 is 2.15 bits per heavy atom. The number of hydrogen-bond acceptors (Lipinski definition) is 3. The third kappa shape index (κ3) is 4.65. The SMILES string of the molecule is Cc1ccn(CCC(C)C)c(=O)c1C(=O)N1CCC(Cc2cccnc2)C1. The van der Waals surface area contributed by atoms with Crippen LogP contribution in [-0.2, 0) is 13.0 Å². The molecule has 5 nitrogen and oxygen atoms in total. The Kier molecular flexibility index (Phi) is 6.09. The minimum absolute atomic E-state index is 0.120. The first-order valence-electron chi connectivity index (χ1n) is 9.84. The standard InChI is InChI=1S/C22H29N3O2/c1-16(2)6-10-24-11-7-17(3)20(21(24)26)22(27)25-12-8-19(15-25)13-18-5-4-9-23-14-18/h4-5,7,9,11,14,16,19H,6,8,10,12-13,15H2,1-3H3. The van der Waals surface area contributed by atoms with E-state index >= 15 is 0 Å². The summed E-state index contributed by atoms with van der Waals surface area (Å²) in [4.78, 5) is 32.0. The average Bonchev–Trinajstić information content (AvgIpc) is 3.10. The van der Waals surface area contributed by atoms with Crippen LogP contribution in [-0.4, -0.2) is 33.4 Å². The summed E-state index contributed by atoms with van der Waals surface area (Å²) in [6.45, 7) is 8.19. The van der Waals surface area contributed by atoms with E-state index in [0.717, 1.165) is 24.8 Å². The highest BCUT2D eigenvalue weighted by Gasteiger charge is 2.29. The van der Waals surface area contributed by atoms with Gasteiger partial charge in [0, 0.05) is 38.2 Å². The van der Waals surface area contributed by atoms with Crippen molar-refractivity contribution in [1.82, 2.24) is 14.5 Å². The number of hydrogen-bond donors (Lipinski definition) is 0. The van der Waals surface area contributed by atoms with Gasteiger partial charge in [0.15, 0.2) is 0 Å². The maximum Gasteiger partial charge on any atom is 0.263 e. The lowest BCUT2D eigenvalue weighted by Crippen LogP contribution is -2.36. The molecule has 2 aromatic rings. The van der Waals surface area contributed by atoms with E-state index in [1.807, 2.05) is 36.4 Å². The Morgan fingerprint density at radius 1 is 1.33 bits per heavy atom. The Hall–Kier alpha value is -2.43. The van der Waals surface area contributed by atoms with Crippen molar-refractivity contribution in [2.75, 3.05) is 13.1 Å². The Bertz CT molecular complexity index is 842. The van der Waals surface area contributed by atoms with Crippen molar-refractivity contribution in [2.45, 2.75) is 46.6 Å². The maximum absolute atomic E-state index is 13.1. The van der Waals surface area contributed by atoms with Crippen LogP contribution in [0.1, 0.15) is 48.2 Å². The Morgan fingerprint density at radius 3 is 2.85 bits per heavy atom. The van der Waals surface area contributed by atoms with Crippen LogP contribution in [0, 0.1) is 18.8 Å². The van der Waals surface area contributed by atoms with E-state index in [1.165, 1.54) is 5.56 Å².